The molecule has 0 unspecified atom stereocenters. The number of rotatable bonds is 3. The van der Waals surface area contributed by atoms with Crippen LogP contribution >= 0.6 is 23.4 Å². The Balaban J connectivity index is 1.41. The lowest BCUT2D eigenvalue weighted by atomic mass is 9.74. The highest BCUT2D eigenvalue weighted by Crippen LogP contribution is 2.46. The molecule has 0 radical (unpaired) electrons. The van der Waals surface area contributed by atoms with E-state index in [1.807, 2.05) is 24.7 Å². The smallest absolute Gasteiger partial charge is 0.211 e. The molecule has 5 rings (SSSR count). The van der Waals surface area contributed by atoms with Crippen molar-refractivity contribution in [3.05, 3.63) is 42.1 Å². The van der Waals surface area contributed by atoms with E-state index in [9.17, 15) is 0 Å². The predicted molar refractivity (Wildman–Crippen MR) is 112 cm³/mol. The van der Waals surface area contributed by atoms with Crippen molar-refractivity contribution in [2.24, 2.45) is 11.1 Å². The first-order valence-corrected chi connectivity index (χ1v) is 11.0. The van der Waals surface area contributed by atoms with Crippen LogP contribution in [0.1, 0.15) is 32.1 Å². The van der Waals surface area contributed by atoms with Gasteiger partial charge in [-0.05, 0) is 37.2 Å². The third-order valence-electron chi connectivity index (χ3n) is 6.35. The molecule has 1 saturated heterocycles. The summed E-state index contributed by atoms with van der Waals surface area (Å²) in [4.78, 5) is 17.7. The Morgan fingerprint density at radius 3 is 2.71 bits per heavy atom. The summed E-state index contributed by atoms with van der Waals surface area (Å²) >= 11 is 7.84. The van der Waals surface area contributed by atoms with Crippen molar-refractivity contribution in [3.63, 3.8) is 0 Å². The molecular formula is C20H23ClN6S. The molecule has 8 heteroatoms. The molecule has 1 aliphatic heterocycles. The van der Waals surface area contributed by atoms with Crippen molar-refractivity contribution in [2.75, 3.05) is 18.0 Å². The molecule has 3 aromatic heterocycles. The first-order valence-electron chi connectivity index (χ1n) is 9.76. The molecule has 4 heterocycles. The van der Waals surface area contributed by atoms with Gasteiger partial charge in [-0.3, -0.25) is 9.38 Å². The lowest BCUT2D eigenvalue weighted by Crippen LogP contribution is -2.47. The maximum atomic E-state index is 6.44. The second kappa shape index (κ2) is 7.21. The number of anilines is 1. The van der Waals surface area contributed by atoms with Crippen LogP contribution in [0.5, 0.6) is 0 Å². The van der Waals surface area contributed by atoms with E-state index >= 15 is 0 Å². The highest BCUT2D eigenvalue weighted by molar-refractivity contribution is 7.99. The second-order valence-electron chi connectivity index (χ2n) is 7.80. The van der Waals surface area contributed by atoms with Crippen LogP contribution < -0.4 is 10.6 Å². The zero-order chi connectivity index (χ0) is 19.1. The van der Waals surface area contributed by atoms with Crippen LogP contribution in [0.15, 0.2) is 46.8 Å². The molecule has 146 valence electrons. The van der Waals surface area contributed by atoms with Gasteiger partial charge < -0.3 is 10.6 Å². The van der Waals surface area contributed by atoms with E-state index in [1.165, 1.54) is 19.3 Å². The number of halogens is 1. The SMILES string of the molecule is N[C@@H]1CCCC12CCN(c1ncc(Sc3ccncc3Cl)c3nccn13)CC2. The minimum Gasteiger partial charge on any atom is -0.342 e. The van der Waals surface area contributed by atoms with E-state index in [-0.39, 0.29) is 0 Å². The third kappa shape index (κ3) is 3.06. The van der Waals surface area contributed by atoms with Crippen LogP contribution in [0.2, 0.25) is 5.02 Å². The van der Waals surface area contributed by atoms with Gasteiger partial charge in [-0.15, -0.1) is 0 Å². The number of imidazole rings is 1. The Kier molecular flexibility index (Phi) is 4.69. The van der Waals surface area contributed by atoms with E-state index in [4.69, 9.17) is 22.3 Å². The number of hydrogen-bond donors (Lipinski definition) is 1. The summed E-state index contributed by atoms with van der Waals surface area (Å²) < 4.78 is 2.09. The number of aromatic nitrogens is 4. The summed E-state index contributed by atoms with van der Waals surface area (Å²) in [7, 11) is 0. The summed E-state index contributed by atoms with van der Waals surface area (Å²) in [6.45, 7) is 1.99. The number of fused-ring (bicyclic) bond motifs is 1. The minimum atomic E-state index is 0.346. The van der Waals surface area contributed by atoms with Crippen molar-refractivity contribution in [1.82, 2.24) is 19.4 Å². The zero-order valence-corrected chi connectivity index (χ0v) is 17.2. The van der Waals surface area contributed by atoms with Crippen molar-refractivity contribution in [1.29, 1.82) is 0 Å². The number of nitrogens with two attached hydrogens (primary N) is 1. The summed E-state index contributed by atoms with van der Waals surface area (Å²) in [5.74, 6) is 0.957. The lowest BCUT2D eigenvalue weighted by molar-refractivity contribution is 0.197. The van der Waals surface area contributed by atoms with E-state index in [0.717, 1.165) is 47.3 Å². The number of piperidine rings is 1. The number of hydrogen-bond acceptors (Lipinski definition) is 6. The van der Waals surface area contributed by atoms with Crippen LogP contribution in [-0.2, 0) is 0 Å². The van der Waals surface area contributed by atoms with Gasteiger partial charge in [0.05, 0.1) is 9.92 Å². The molecule has 2 aliphatic rings. The fourth-order valence-corrected chi connectivity index (χ4v) is 5.79. The van der Waals surface area contributed by atoms with Crippen LogP contribution in [0.25, 0.3) is 5.65 Å². The Morgan fingerprint density at radius 2 is 1.96 bits per heavy atom. The van der Waals surface area contributed by atoms with Crippen molar-refractivity contribution < 1.29 is 0 Å². The first-order chi connectivity index (χ1) is 13.7. The Labute approximate surface area is 173 Å². The first kappa shape index (κ1) is 18.2. The zero-order valence-electron chi connectivity index (χ0n) is 15.6. The van der Waals surface area contributed by atoms with Gasteiger partial charge in [0.2, 0.25) is 5.95 Å². The standard InChI is InChI=1S/C20H23ClN6S/c21-14-12-23-7-3-15(14)28-16-13-25-19(27-11-8-24-18(16)27)26-9-5-20(6-10-26)4-1-2-17(20)22/h3,7-8,11-13,17H,1-2,4-6,9-10,22H2/t17-/m1/s1. The molecule has 0 amide bonds. The third-order valence-corrected chi connectivity index (χ3v) is 7.84. The summed E-state index contributed by atoms with van der Waals surface area (Å²) in [6.07, 6.45) is 15.1. The highest BCUT2D eigenvalue weighted by Gasteiger charge is 2.43. The van der Waals surface area contributed by atoms with Crippen LogP contribution in [0.4, 0.5) is 5.95 Å². The quantitative estimate of drug-likeness (QED) is 0.697. The number of pyridine rings is 1. The molecule has 1 atom stereocenters. The topological polar surface area (TPSA) is 72.3 Å². The Bertz CT molecular complexity index is 997. The average molecular weight is 415 g/mol. The molecule has 1 spiro atoms. The Hall–Kier alpha value is -1.83. The molecule has 28 heavy (non-hydrogen) atoms. The van der Waals surface area contributed by atoms with Gasteiger partial charge in [-0.1, -0.05) is 29.8 Å². The average Bonchev–Trinajstić information content (AvgIpc) is 3.33. The van der Waals surface area contributed by atoms with Crippen molar-refractivity contribution >= 4 is 35.0 Å². The molecule has 0 aromatic carbocycles. The predicted octanol–water partition coefficient (Wildman–Crippen LogP) is 4.03. The molecule has 3 aromatic rings. The normalized spacial score (nSPS) is 21.6. The second-order valence-corrected chi connectivity index (χ2v) is 9.29. The van der Waals surface area contributed by atoms with Gasteiger partial charge >= 0.3 is 0 Å². The molecular weight excluding hydrogens is 392 g/mol. The van der Waals surface area contributed by atoms with Crippen LogP contribution in [0, 0.1) is 5.41 Å². The molecule has 0 bridgehead atoms. The monoisotopic (exact) mass is 414 g/mol. The summed E-state index contributed by atoms with van der Waals surface area (Å²) in [6, 6.07) is 2.27. The fraction of sp³-hybridized carbons (Fsp3) is 0.450. The molecule has 2 fully saturated rings. The molecule has 1 saturated carbocycles. The molecule has 1 aliphatic carbocycles. The molecule has 2 N–H and O–H groups in total. The van der Waals surface area contributed by atoms with Crippen molar-refractivity contribution in [3.8, 4) is 0 Å². The van der Waals surface area contributed by atoms with Crippen molar-refractivity contribution in [2.45, 2.75) is 47.9 Å². The maximum Gasteiger partial charge on any atom is 0.211 e. The van der Waals surface area contributed by atoms with E-state index in [0.29, 0.717) is 16.5 Å². The van der Waals surface area contributed by atoms with Crippen LogP contribution in [-0.4, -0.2) is 38.5 Å². The lowest BCUT2D eigenvalue weighted by Gasteiger charge is -2.42. The minimum absolute atomic E-state index is 0.346. The Morgan fingerprint density at radius 1 is 1.11 bits per heavy atom. The van der Waals surface area contributed by atoms with E-state index in [1.54, 1.807) is 24.2 Å². The summed E-state index contributed by atoms with van der Waals surface area (Å²) in [5, 5.41) is 0.635. The largest absolute Gasteiger partial charge is 0.342 e. The van der Waals surface area contributed by atoms with Gasteiger partial charge in [0.15, 0.2) is 5.65 Å². The summed E-state index contributed by atoms with van der Waals surface area (Å²) in [5.41, 5.74) is 7.69. The highest BCUT2D eigenvalue weighted by atomic mass is 35.5. The van der Waals surface area contributed by atoms with E-state index in [2.05, 4.69) is 19.3 Å². The van der Waals surface area contributed by atoms with Gasteiger partial charge in [0.1, 0.15) is 0 Å². The van der Waals surface area contributed by atoms with E-state index < -0.39 is 0 Å². The number of nitrogens with zero attached hydrogens (tertiary/aromatic N) is 5. The van der Waals surface area contributed by atoms with Gasteiger partial charge in [-0.25, -0.2) is 9.97 Å². The fourth-order valence-electron chi connectivity index (χ4n) is 4.69. The van der Waals surface area contributed by atoms with Gasteiger partial charge in [0.25, 0.3) is 0 Å². The van der Waals surface area contributed by atoms with Gasteiger partial charge in [0, 0.05) is 55.0 Å². The molecule has 6 nitrogen and oxygen atoms in total. The van der Waals surface area contributed by atoms with Crippen LogP contribution in [0.3, 0.4) is 0 Å². The van der Waals surface area contributed by atoms with Gasteiger partial charge in [-0.2, -0.15) is 0 Å². The maximum absolute atomic E-state index is 6.44.